The molecule has 0 amide bonds. The molecule has 2 rings (SSSR count). The fourth-order valence-electron chi connectivity index (χ4n) is 2.48. The van der Waals surface area contributed by atoms with Crippen molar-refractivity contribution in [3.05, 3.63) is 34.4 Å². The second-order valence-corrected chi connectivity index (χ2v) is 6.71. The van der Waals surface area contributed by atoms with Crippen molar-refractivity contribution in [2.75, 3.05) is 51.7 Å². The smallest absolute Gasteiger partial charge is 0.337 e. The van der Waals surface area contributed by atoms with E-state index in [1.54, 1.807) is 18.2 Å². The molecular weight excluding hydrogens is 432 g/mol. The van der Waals surface area contributed by atoms with Crippen molar-refractivity contribution in [2.24, 2.45) is 0 Å². The van der Waals surface area contributed by atoms with E-state index in [4.69, 9.17) is 14.2 Å². The number of rotatable bonds is 9. The number of hydrogen-bond donors (Lipinski definition) is 2. The summed E-state index contributed by atoms with van der Waals surface area (Å²) in [7, 11) is 6.11. The third-order valence-corrected chi connectivity index (χ3v) is 4.57. The van der Waals surface area contributed by atoms with Crippen LogP contribution in [-0.4, -0.2) is 68.6 Å². The summed E-state index contributed by atoms with van der Waals surface area (Å²) in [5.41, 5.74) is 1.73. The average molecular weight is 455 g/mol. The first-order chi connectivity index (χ1) is 13.4. The van der Waals surface area contributed by atoms with Gasteiger partial charge in [0, 0.05) is 24.6 Å². The van der Waals surface area contributed by atoms with Crippen LogP contribution in [0.5, 0.6) is 11.9 Å². The lowest BCUT2D eigenvalue weighted by atomic mass is 10.2. The van der Waals surface area contributed by atoms with Crippen LogP contribution in [0.3, 0.4) is 0 Å². The fraction of sp³-hybridized carbons (Fsp3) is 0.389. The first kappa shape index (κ1) is 21.7. The topological polar surface area (TPSA) is 106 Å². The number of nitrogens with zero attached hydrogens (tertiary/aromatic N) is 3. The van der Waals surface area contributed by atoms with E-state index in [1.807, 2.05) is 11.9 Å². The number of likely N-dealkylation sites (N-methyl/N-ethyl adjacent to an activating group) is 1. The zero-order chi connectivity index (χ0) is 20.7. The van der Waals surface area contributed by atoms with Crippen LogP contribution >= 0.6 is 15.9 Å². The van der Waals surface area contributed by atoms with Crippen LogP contribution in [0.1, 0.15) is 10.4 Å². The monoisotopic (exact) mass is 454 g/mol. The highest BCUT2D eigenvalue weighted by atomic mass is 79.9. The highest BCUT2D eigenvalue weighted by Gasteiger charge is 2.16. The number of carbonyl (C=O) groups is 1. The normalized spacial score (nSPS) is 11.5. The summed E-state index contributed by atoms with van der Waals surface area (Å²) >= 11 is 3.46. The molecule has 0 spiro atoms. The molecule has 0 radical (unpaired) electrons. The van der Waals surface area contributed by atoms with E-state index in [2.05, 4.69) is 31.2 Å². The number of hydrogen-bond acceptors (Lipinski definition) is 9. The third kappa shape index (κ3) is 5.46. The number of aromatic nitrogens is 2. The van der Waals surface area contributed by atoms with E-state index >= 15 is 0 Å². The number of methoxy groups -OCH3 is 3. The lowest BCUT2D eigenvalue weighted by Gasteiger charge is -2.24. The van der Waals surface area contributed by atoms with Crippen molar-refractivity contribution >= 4 is 33.3 Å². The Morgan fingerprint density at radius 3 is 2.71 bits per heavy atom. The van der Waals surface area contributed by atoms with Gasteiger partial charge in [-0.1, -0.05) is 0 Å². The summed E-state index contributed by atoms with van der Waals surface area (Å²) in [5.74, 6) is -0.100. The van der Waals surface area contributed by atoms with Gasteiger partial charge in [0.05, 0.1) is 44.9 Å². The minimum atomic E-state index is -0.717. The van der Waals surface area contributed by atoms with Gasteiger partial charge >= 0.3 is 12.0 Å². The second kappa shape index (κ2) is 10.1. The molecular formula is C18H23BrN4O5. The van der Waals surface area contributed by atoms with Gasteiger partial charge in [-0.05, 0) is 34.1 Å². The van der Waals surface area contributed by atoms with Gasteiger partial charge in [-0.3, -0.25) is 0 Å². The average Bonchev–Trinajstić information content (AvgIpc) is 2.71. The molecule has 2 aromatic rings. The van der Waals surface area contributed by atoms with Crippen molar-refractivity contribution < 1.29 is 24.1 Å². The third-order valence-electron chi connectivity index (χ3n) is 3.90. The van der Waals surface area contributed by atoms with Crippen LogP contribution in [0.25, 0.3) is 0 Å². The minimum Gasteiger partial charge on any atom is -0.479 e. The number of aliphatic hydroxyl groups is 1. The minimum absolute atomic E-state index is 0.193. The Morgan fingerprint density at radius 2 is 2.07 bits per heavy atom. The van der Waals surface area contributed by atoms with Crippen molar-refractivity contribution in [3.8, 4) is 11.9 Å². The van der Waals surface area contributed by atoms with E-state index < -0.39 is 12.1 Å². The lowest BCUT2D eigenvalue weighted by molar-refractivity contribution is 0.0600. The van der Waals surface area contributed by atoms with Gasteiger partial charge in [0.15, 0.2) is 0 Å². The summed E-state index contributed by atoms with van der Waals surface area (Å²) in [4.78, 5) is 21.7. The van der Waals surface area contributed by atoms with Crippen LogP contribution in [0.4, 0.5) is 11.4 Å². The molecule has 0 fully saturated rings. The molecule has 1 unspecified atom stereocenters. The van der Waals surface area contributed by atoms with Crippen molar-refractivity contribution in [1.29, 1.82) is 0 Å². The molecule has 0 aliphatic rings. The van der Waals surface area contributed by atoms with Crippen molar-refractivity contribution in [3.63, 3.8) is 0 Å². The molecule has 0 aliphatic carbocycles. The maximum atomic E-state index is 11.7. The fourth-order valence-corrected chi connectivity index (χ4v) is 3.03. The van der Waals surface area contributed by atoms with E-state index in [1.165, 1.54) is 27.5 Å². The molecule has 0 saturated carbocycles. The highest BCUT2D eigenvalue weighted by molar-refractivity contribution is 9.10. The quantitative estimate of drug-likeness (QED) is 0.549. The van der Waals surface area contributed by atoms with Crippen LogP contribution in [0.2, 0.25) is 0 Å². The Hall–Kier alpha value is -2.59. The number of anilines is 2. The number of nitrogens with one attached hydrogen (secondary N) is 1. The molecule has 1 heterocycles. The second-order valence-electron chi connectivity index (χ2n) is 5.85. The number of ether oxygens (including phenoxy) is 3. The standard InChI is InChI=1S/C18H23BrN4O5/c1-23(15-7-11(17(25)27-3)5-6-13(15)19)10-12(24)8-20-14-9-21-18(28-4)22-16(14)26-2/h5-7,9,12,20,24H,8,10H2,1-4H3. The highest BCUT2D eigenvalue weighted by Crippen LogP contribution is 2.27. The maximum absolute atomic E-state index is 11.7. The van der Waals surface area contributed by atoms with E-state index in [0.29, 0.717) is 23.7 Å². The summed E-state index contributed by atoms with van der Waals surface area (Å²) in [6.45, 7) is 0.556. The van der Waals surface area contributed by atoms with Crippen LogP contribution < -0.4 is 19.7 Å². The van der Waals surface area contributed by atoms with Gasteiger partial charge in [0.2, 0.25) is 5.88 Å². The van der Waals surface area contributed by atoms with Gasteiger partial charge in [-0.25, -0.2) is 9.78 Å². The van der Waals surface area contributed by atoms with Crippen LogP contribution in [0.15, 0.2) is 28.9 Å². The molecule has 1 aromatic carbocycles. The van der Waals surface area contributed by atoms with Crippen LogP contribution in [-0.2, 0) is 4.74 Å². The summed E-state index contributed by atoms with van der Waals surface area (Å²) in [5, 5.41) is 13.5. The summed E-state index contributed by atoms with van der Waals surface area (Å²) in [6, 6.07) is 5.33. The van der Waals surface area contributed by atoms with Crippen LogP contribution in [0, 0.1) is 0 Å². The molecule has 28 heavy (non-hydrogen) atoms. The predicted molar refractivity (Wildman–Crippen MR) is 108 cm³/mol. The SMILES string of the molecule is COC(=O)c1ccc(Br)c(N(C)CC(O)CNc2cnc(OC)nc2OC)c1. The number of aliphatic hydroxyl groups excluding tert-OH is 1. The molecule has 2 N–H and O–H groups in total. The molecule has 1 aromatic heterocycles. The molecule has 152 valence electrons. The lowest BCUT2D eigenvalue weighted by Crippen LogP contribution is -2.34. The van der Waals surface area contributed by atoms with Gasteiger partial charge in [0.25, 0.3) is 0 Å². The van der Waals surface area contributed by atoms with E-state index in [0.717, 1.165) is 10.2 Å². The Kier molecular flexibility index (Phi) is 7.82. The Balaban J connectivity index is 2.01. The van der Waals surface area contributed by atoms with Crippen molar-refractivity contribution in [2.45, 2.75) is 6.10 Å². The maximum Gasteiger partial charge on any atom is 0.337 e. The summed E-state index contributed by atoms with van der Waals surface area (Å²) < 4.78 is 15.7. The zero-order valence-corrected chi connectivity index (χ0v) is 17.7. The van der Waals surface area contributed by atoms with Gasteiger partial charge in [-0.15, -0.1) is 0 Å². The van der Waals surface area contributed by atoms with Crippen molar-refractivity contribution in [1.82, 2.24) is 9.97 Å². The largest absolute Gasteiger partial charge is 0.479 e. The molecule has 0 saturated heterocycles. The van der Waals surface area contributed by atoms with Gasteiger partial charge < -0.3 is 29.5 Å². The Bertz CT molecular complexity index is 821. The zero-order valence-electron chi connectivity index (χ0n) is 16.1. The molecule has 10 heteroatoms. The number of carbonyl (C=O) groups excluding carboxylic acids is 1. The molecule has 0 bridgehead atoms. The Morgan fingerprint density at radius 1 is 1.32 bits per heavy atom. The van der Waals surface area contributed by atoms with Gasteiger partial charge in [-0.2, -0.15) is 4.98 Å². The predicted octanol–water partition coefficient (Wildman–Crippen LogP) is 1.95. The molecule has 0 aliphatic heterocycles. The van der Waals surface area contributed by atoms with E-state index in [-0.39, 0.29) is 12.6 Å². The first-order valence-electron chi connectivity index (χ1n) is 8.35. The molecule has 9 nitrogen and oxygen atoms in total. The number of halogens is 1. The first-order valence-corrected chi connectivity index (χ1v) is 9.14. The van der Waals surface area contributed by atoms with Gasteiger partial charge in [0.1, 0.15) is 5.69 Å². The van der Waals surface area contributed by atoms with E-state index in [9.17, 15) is 9.90 Å². The number of benzene rings is 1. The summed E-state index contributed by atoms with van der Waals surface area (Å²) in [6.07, 6.45) is 0.808. The molecule has 1 atom stereocenters. The number of esters is 1. The Labute approximate surface area is 171 Å².